The van der Waals surface area contributed by atoms with Crippen molar-refractivity contribution in [3.8, 4) is 0 Å². The van der Waals surface area contributed by atoms with Gasteiger partial charge in [-0.2, -0.15) is 5.10 Å². The highest BCUT2D eigenvalue weighted by Gasteiger charge is 2.42. The Kier molecular flexibility index (Phi) is 5.22. The van der Waals surface area contributed by atoms with Gasteiger partial charge in [0, 0.05) is 31.8 Å². The molecule has 0 amide bonds. The molecule has 4 heteroatoms. The molecule has 1 aromatic rings. The number of hydrogen-bond donors (Lipinski definition) is 1. The largest absolute Gasteiger partial charge is 0.374 e. The summed E-state index contributed by atoms with van der Waals surface area (Å²) in [7, 11) is 2.04. The predicted octanol–water partition coefficient (Wildman–Crippen LogP) is 2.60. The molecule has 1 heterocycles. The molecule has 0 aliphatic heterocycles. The fourth-order valence-electron chi connectivity index (χ4n) is 3.61. The Morgan fingerprint density at radius 2 is 2.10 bits per heavy atom. The summed E-state index contributed by atoms with van der Waals surface area (Å²) in [6.07, 6.45) is 5.91. The van der Waals surface area contributed by atoms with Crippen molar-refractivity contribution in [2.45, 2.75) is 64.5 Å². The highest BCUT2D eigenvalue weighted by molar-refractivity contribution is 5.13. The molecule has 1 aliphatic carbocycles. The molecule has 114 valence electrons. The number of ether oxygens (including phenoxy) is 1. The van der Waals surface area contributed by atoms with Crippen LogP contribution < -0.4 is 5.32 Å². The zero-order chi connectivity index (χ0) is 14.6. The van der Waals surface area contributed by atoms with E-state index in [0.717, 1.165) is 25.3 Å². The van der Waals surface area contributed by atoms with E-state index < -0.39 is 0 Å². The maximum Gasteiger partial charge on any atom is 0.0838 e. The molecule has 1 saturated carbocycles. The minimum atomic E-state index is 0.0168. The summed E-state index contributed by atoms with van der Waals surface area (Å²) >= 11 is 0. The third kappa shape index (κ3) is 3.23. The van der Waals surface area contributed by atoms with Crippen molar-refractivity contribution >= 4 is 0 Å². The molecular weight excluding hydrogens is 250 g/mol. The Balaban J connectivity index is 2.18. The van der Waals surface area contributed by atoms with Crippen LogP contribution in [0.2, 0.25) is 0 Å². The van der Waals surface area contributed by atoms with Crippen molar-refractivity contribution < 1.29 is 4.74 Å². The molecule has 0 spiro atoms. The average molecular weight is 279 g/mol. The van der Waals surface area contributed by atoms with Gasteiger partial charge >= 0.3 is 0 Å². The highest BCUT2D eigenvalue weighted by Crippen LogP contribution is 2.37. The number of nitrogens with zero attached hydrogens (tertiary/aromatic N) is 2. The maximum absolute atomic E-state index is 6.23. The van der Waals surface area contributed by atoms with Crippen LogP contribution in [0.15, 0.2) is 6.07 Å². The lowest BCUT2D eigenvalue weighted by Crippen LogP contribution is -2.52. The van der Waals surface area contributed by atoms with Gasteiger partial charge in [-0.25, -0.2) is 0 Å². The van der Waals surface area contributed by atoms with E-state index in [2.05, 4.69) is 37.3 Å². The lowest BCUT2D eigenvalue weighted by Gasteiger charge is -2.38. The van der Waals surface area contributed by atoms with Crippen LogP contribution in [-0.4, -0.2) is 34.6 Å². The zero-order valence-electron chi connectivity index (χ0n) is 13.4. The van der Waals surface area contributed by atoms with Crippen LogP contribution in [0.1, 0.15) is 50.9 Å². The third-order valence-electron chi connectivity index (χ3n) is 4.48. The summed E-state index contributed by atoms with van der Waals surface area (Å²) in [6, 6.07) is 2.57. The highest BCUT2D eigenvalue weighted by atomic mass is 16.5. The van der Waals surface area contributed by atoms with Crippen LogP contribution in [0.25, 0.3) is 0 Å². The standard InChI is InChI=1S/C16H29N3O/c1-5-17-15(12-14-11-13(3)18-19(14)4)16(20-6-2)9-7-8-10-16/h11,15,17H,5-10,12H2,1-4H3. The van der Waals surface area contributed by atoms with Gasteiger partial charge in [0.05, 0.1) is 11.3 Å². The molecule has 20 heavy (non-hydrogen) atoms. The second-order valence-electron chi connectivity index (χ2n) is 5.92. The fourth-order valence-corrected chi connectivity index (χ4v) is 3.61. The van der Waals surface area contributed by atoms with Gasteiger partial charge in [-0.1, -0.05) is 19.8 Å². The molecule has 1 unspecified atom stereocenters. The number of aromatic nitrogens is 2. The van der Waals surface area contributed by atoms with E-state index in [0.29, 0.717) is 6.04 Å². The summed E-state index contributed by atoms with van der Waals surface area (Å²) in [5.41, 5.74) is 2.40. The van der Waals surface area contributed by atoms with Crippen molar-refractivity contribution in [3.63, 3.8) is 0 Å². The van der Waals surface area contributed by atoms with Gasteiger partial charge in [-0.3, -0.25) is 4.68 Å². The van der Waals surface area contributed by atoms with Gasteiger partial charge in [0.1, 0.15) is 0 Å². The average Bonchev–Trinajstić information content (AvgIpc) is 2.98. The molecule has 0 aromatic carbocycles. The van der Waals surface area contributed by atoms with Gasteiger partial charge < -0.3 is 10.1 Å². The number of likely N-dealkylation sites (N-methyl/N-ethyl adjacent to an activating group) is 1. The second-order valence-corrected chi connectivity index (χ2v) is 5.92. The second kappa shape index (κ2) is 6.72. The molecule has 1 atom stereocenters. The Bertz CT molecular complexity index is 421. The van der Waals surface area contributed by atoms with Crippen molar-refractivity contribution in [1.82, 2.24) is 15.1 Å². The minimum Gasteiger partial charge on any atom is -0.374 e. The number of aryl methyl sites for hydroxylation is 2. The van der Waals surface area contributed by atoms with Crippen molar-refractivity contribution in [1.29, 1.82) is 0 Å². The van der Waals surface area contributed by atoms with E-state index in [9.17, 15) is 0 Å². The molecule has 0 radical (unpaired) electrons. The summed E-state index contributed by atoms with van der Waals surface area (Å²) in [4.78, 5) is 0. The predicted molar refractivity (Wildman–Crippen MR) is 81.9 cm³/mol. The molecule has 0 saturated heterocycles. The minimum absolute atomic E-state index is 0.0168. The summed E-state index contributed by atoms with van der Waals surface area (Å²) < 4.78 is 8.24. The monoisotopic (exact) mass is 279 g/mol. The molecule has 2 rings (SSSR count). The smallest absolute Gasteiger partial charge is 0.0838 e. The fraction of sp³-hybridized carbons (Fsp3) is 0.812. The van der Waals surface area contributed by atoms with Gasteiger partial charge in [-0.05, 0) is 39.3 Å². The first-order chi connectivity index (χ1) is 9.61. The van der Waals surface area contributed by atoms with Gasteiger partial charge in [0.15, 0.2) is 0 Å². The Morgan fingerprint density at radius 3 is 2.60 bits per heavy atom. The zero-order valence-corrected chi connectivity index (χ0v) is 13.4. The summed E-state index contributed by atoms with van der Waals surface area (Å²) in [6.45, 7) is 8.12. The van der Waals surface area contributed by atoms with Crippen LogP contribution in [-0.2, 0) is 18.2 Å². The number of nitrogens with one attached hydrogen (secondary N) is 1. The van der Waals surface area contributed by atoms with Gasteiger partial charge in [0.25, 0.3) is 0 Å². The first-order valence-corrected chi connectivity index (χ1v) is 7.98. The molecule has 0 bridgehead atoms. The number of hydrogen-bond acceptors (Lipinski definition) is 3. The first-order valence-electron chi connectivity index (χ1n) is 7.98. The quantitative estimate of drug-likeness (QED) is 0.834. The molecule has 1 N–H and O–H groups in total. The first kappa shape index (κ1) is 15.5. The van der Waals surface area contributed by atoms with Crippen molar-refractivity contribution in [2.75, 3.05) is 13.2 Å². The van der Waals surface area contributed by atoms with Crippen LogP contribution in [0.3, 0.4) is 0 Å². The van der Waals surface area contributed by atoms with Crippen LogP contribution in [0.5, 0.6) is 0 Å². The topological polar surface area (TPSA) is 39.1 Å². The normalized spacial score (nSPS) is 19.4. The molecule has 1 aromatic heterocycles. The summed E-state index contributed by atoms with van der Waals surface area (Å²) in [5, 5.41) is 8.14. The molecule has 1 fully saturated rings. The van der Waals surface area contributed by atoms with Crippen LogP contribution >= 0.6 is 0 Å². The van der Waals surface area contributed by atoms with E-state index >= 15 is 0 Å². The summed E-state index contributed by atoms with van der Waals surface area (Å²) in [5.74, 6) is 0. The lowest BCUT2D eigenvalue weighted by molar-refractivity contribution is -0.0612. The van der Waals surface area contributed by atoms with Gasteiger partial charge in [-0.15, -0.1) is 0 Å². The van der Waals surface area contributed by atoms with E-state index in [1.54, 1.807) is 0 Å². The SMILES string of the molecule is CCNC(Cc1cc(C)nn1C)C1(OCC)CCCC1. The van der Waals surface area contributed by atoms with E-state index in [1.807, 2.05) is 11.7 Å². The molecule has 4 nitrogen and oxygen atoms in total. The van der Waals surface area contributed by atoms with Crippen LogP contribution in [0.4, 0.5) is 0 Å². The van der Waals surface area contributed by atoms with Crippen LogP contribution in [0, 0.1) is 6.92 Å². The van der Waals surface area contributed by atoms with E-state index in [1.165, 1.54) is 31.4 Å². The van der Waals surface area contributed by atoms with E-state index in [4.69, 9.17) is 4.74 Å². The Hall–Kier alpha value is -0.870. The van der Waals surface area contributed by atoms with Crippen molar-refractivity contribution in [3.05, 3.63) is 17.5 Å². The third-order valence-corrected chi connectivity index (χ3v) is 4.48. The molecule has 1 aliphatic rings. The Labute approximate surface area is 122 Å². The Morgan fingerprint density at radius 1 is 1.40 bits per heavy atom. The maximum atomic E-state index is 6.23. The van der Waals surface area contributed by atoms with Crippen molar-refractivity contribution in [2.24, 2.45) is 7.05 Å². The number of rotatable bonds is 7. The molecular formula is C16H29N3O. The lowest BCUT2D eigenvalue weighted by atomic mass is 9.88. The van der Waals surface area contributed by atoms with E-state index in [-0.39, 0.29) is 5.60 Å². The van der Waals surface area contributed by atoms with Gasteiger partial charge in [0.2, 0.25) is 0 Å².